The maximum Gasteiger partial charge on any atom is 0.252 e. The first-order chi connectivity index (χ1) is 8.72. The summed E-state index contributed by atoms with van der Waals surface area (Å²) >= 11 is 0. The van der Waals surface area contributed by atoms with Gasteiger partial charge in [-0.3, -0.25) is 4.79 Å². The normalized spacial score (nSPS) is 17.6. The van der Waals surface area contributed by atoms with Gasteiger partial charge in [-0.1, -0.05) is 12.8 Å². The molecule has 0 spiro atoms. The molecule has 5 heteroatoms. The zero-order valence-corrected chi connectivity index (χ0v) is 10.4. The van der Waals surface area contributed by atoms with Crippen LogP contribution in [0.3, 0.4) is 0 Å². The van der Waals surface area contributed by atoms with Gasteiger partial charge in [-0.2, -0.15) is 0 Å². The minimum atomic E-state index is -0.465. The molecule has 1 atom stereocenters. The SMILES string of the molecule is NCC(Nc1ncccc1C(N)=O)C1CCCC1. The average Bonchev–Trinajstić information content (AvgIpc) is 2.90. The van der Waals surface area contributed by atoms with Crippen molar-refractivity contribution in [1.82, 2.24) is 4.98 Å². The molecule has 0 aromatic carbocycles. The number of pyridine rings is 1. The molecular formula is C13H20N4O. The molecule has 1 aromatic rings. The van der Waals surface area contributed by atoms with E-state index in [9.17, 15) is 4.79 Å². The van der Waals surface area contributed by atoms with Gasteiger partial charge < -0.3 is 16.8 Å². The van der Waals surface area contributed by atoms with Crippen molar-refractivity contribution in [2.75, 3.05) is 11.9 Å². The number of amides is 1. The van der Waals surface area contributed by atoms with Crippen LogP contribution in [0.2, 0.25) is 0 Å². The second kappa shape index (κ2) is 5.82. The van der Waals surface area contributed by atoms with E-state index in [1.807, 2.05) is 0 Å². The Labute approximate surface area is 107 Å². The summed E-state index contributed by atoms with van der Waals surface area (Å²) in [5.74, 6) is 0.651. The quantitative estimate of drug-likeness (QED) is 0.727. The Morgan fingerprint density at radius 3 is 2.83 bits per heavy atom. The Morgan fingerprint density at radius 2 is 2.22 bits per heavy atom. The molecule has 1 heterocycles. The minimum absolute atomic E-state index is 0.167. The predicted molar refractivity (Wildman–Crippen MR) is 71.2 cm³/mol. The minimum Gasteiger partial charge on any atom is -0.365 e. The first-order valence-corrected chi connectivity index (χ1v) is 6.43. The molecular weight excluding hydrogens is 228 g/mol. The van der Waals surface area contributed by atoms with Crippen molar-refractivity contribution in [2.24, 2.45) is 17.4 Å². The second-order valence-corrected chi connectivity index (χ2v) is 4.79. The topological polar surface area (TPSA) is 94.0 Å². The molecule has 1 saturated carbocycles. The molecule has 1 aliphatic rings. The third-order valence-electron chi connectivity index (χ3n) is 3.62. The van der Waals surface area contributed by atoms with Crippen LogP contribution in [0.4, 0.5) is 5.82 Å². The average molecular weight is 248 g/mol. The highest BCUT2D eigenvalue weighted by Crippen LogP contribution is 2.29. The Bertz CT molecular complexity index is 415. The lowest BCUT2D eigenvalue weighted by Crippen LogP contribution is -2.36. The summed E-state index contributed by atoms with van der Waals surface area (Å²) in [5.41, 5.74) is 11.6. The summed E-state index contributed by atoms with van der Waals surface area (Å²) in [5, 5.41) is 3.28. The maximum atomic E-state index is 11.3. The fraction of sp³-hybridized carbons (Fsp3) is 0.538. The zero-order valence-electron chi connectivity index (χ0n) is 10.4. The van der Waals surface area contributed by atoms with E-state index in [1.54, 1.807) is 18.3 Å². The van der Waals surface area contributed by atoms with Gasteiger partial charge in [0, 0.05) is 18.8 Å². The lowest BCUT2D eigenvalue weighted by Gasteiger charge is -2.24. The summed E-state index contributed by atoms with van der Waals surface area (Å²) in [6, 6.07) is 3.55. The van der Waals surface area contributed by atoms with Crippen LogP contribution in [0, 0.1) is 5.92 Å². The molecule has 1 fully saturated rings. The van der Waals surface area contributed by atoms with E-state index in [0.717, 1.165) is 0 Å². The molecule has 0 aliphatic heterocycles. The molecule has 0 bridgehead atoms. The Morgan fingerprint density at radius 1 is 1.50 bits per heavy atom. The molecule has 0 radical (unpaired) electrons. The Hall–Kier alpha value is -1.62. The molecule has 98 valence electrons. The molecule has 1 unspecified atom stereocenters. The first kappa shape index (κ1) is 12.8. The number of hydrogen-bond acceptors (Lipinski definition) is 4. The van der Waals surface area contributed by atoms with Gasteiger partial charge in [0.25, 0.3) is 5.91 Å². The molecule has 5 N–H and O–H groups in total. The number of primary amides is 1. The smallest absolute Gasteiger partial charge is 0.252 e. The van der Waals surface area contributed by atoms with E-state index >= 15 is 0 Å². The first-order valence-electron chi connectivity index (χ1n) is 6.43. The second-order valence-electron chi connectivity index (χ2n) is 4.79. The highest BCUT2D eigenvalue weighted by atomic mass is 16.1. The lowest BCUT2D eigenvalue weighted by molar-refractivity contribution is 0.100. The fourth-order valence-corrected chi connectivity index (χ4v) is 2.62. The van der Waals surface area contributed by atoms with Crippen LogP contribution in [0.5, 0.6) is 0 Å². The number of rotatable bonds is 5. The number of carbonyl (C=O) groups is 1. The van der Waals surface area contributed by atoms with Gasteiger partial charge in [0.05, 0.1) is 5.56 Å². The summed E-state index contributed by atoms with van der Waals surface area (Å²) < 4.78 is 0. The predicted octanol–water partition coefficient (Wildman–Crippen LogP) is 1.11. The van der Waals surface area contributed by atoms with Gasteiger partial charge in [-0.05, 0) is 30.9 Å². The number of nitrogens with two attached hydrogens (primary N) is 2. The number of hydrogen-bond donors (Lipinski definition) is 3. The standard InChI is InChI=1S/C13H20N4O/c14-8-11(9-4-1-2-5-9)17-13-10(12(15)18)6-3-7-16-13/h3,6-7,9,11H,1-2,4-5,8,14H2,(H2,15,18)(H,16,17). The van der Waals surface area contributed by atoms with Crippen molar-refractivity contribution in [3.63, 3.8) is 0 Å². The van der Waals surface area contributed by atoms with Crippen LogP contribution in [-0.4, -0.2) is 23.5 Å². The van der Waals surface area contributed by atoms with Gasteiger partial charge in [0.1, 0.15) is 5.82 Å². The summed E-state index contributed by atoms with van der Waals surface area (Å²) in [6.07, 6.45) is 6.54. The molecule has 2 rings (SSSR count). The molecule has 5 nitrogen and oxygen atoms in total. The van der Waals surface area contributed by atoms with Crippen molar-refractivity contribution in [2.45, 2.75) is 31.7 Å². The molecule has 1 aliphatic carbocycles. The number of anilines is 1. The highest BCUT2D eigenvalue weighted by molar-refractivity contribution is 5.97. The van der Waals surface area contributed by atoms with E-state index in [2.05, 4.69) is 10.3 Å². The Kier molecular flexibility index (Phi) is 4.15. The van der Waals surface area contributed by atoms with Crippen LogP contribution in [-0.2, 0) is 0 Å². The van der Waals surface area contributed by atoms with Crippen LogP contribution >= 0.6 is 0 Å². The summed E-state index contributed by atoms with van der Waals surface area (Å²) in [6.45, 7) is 0.541. The van der Waals surface area contributed by atoms with Crippen LogP contribution < -0.4 is 16.8 Å². The van der Waals surface area contributed by atoms with Gasteiger partial charge in [0.2, 0.25) is 0 Å². The van der Waals surface area contributed by atoms with Crippen LogP contribution in [0.25, 0.3) is 0 Å². The third-order valence-corrected chi connectivity index (χ3v) is 3.62. The lowest BCUT2D eigenvalue weighted by atomic mass is 9.98. The van der Waals surface area contributed by atoms with E-state index in [1.165, 1.54) is 25.7 Å². The van der Waals surface area contributed by atoms with Crippen molar-refractivity contribution >= 4 is 11.7 Å². The summed E-state index contributed by atoms with van der Waals surface area (Å²) in [7, 11) is 0. The number of nitrogens with one attached hydrogen (secondary N) is 1. The fourth-order valence-electron chi connectivity index (χ4n) is 2.62. The van der Waals surface area contributed by atoms with E-state index in [4.69, 9.17) is 11.5 Å². The van der Waals surface area contributed by atoms with E-state index in [-0.39, 0.29) is 6.04 Å². The number of aromatic nitrogens is 1. The highest BCUT2D eigenvalue weighted by Gasteiger charge is 2.25. The maximum absolute atomic E-state index is 11.3. The molecule has 1 aromatic heterocycles. The van der Waals surface area contributed by atoms with Crippen molar-refractivity contribution in [3.8, 4) is 0 Å². The molecule has 1 amide bonds. The van der Waals surface area contributed by atoms with Crippen LogP contribution in [0.15, 0.2) is 18.3 Å². The van der Waals surface area contributed by atoms with Crippen molar-refractivity contribution in [3.05, 3.63) is 23.9 Å². The number of nitrogens with zero attached hydrogens (tertiary/aromatic N) is 1. The van der Waals surface area contributed by atoms with Gasteiger partial charge in [-0.25, -0.2) is 4.98 Å². The Balaban J connectivity index is 2.13. The van der Waals surface area contributed by atoms with Gasteiger partial charge in [-0.15, -0.1) is 0 Å². The monoisotopic (exact) mass is 248 g/mol. The third kappa shape index (κ3) is 2.79. The largest absolute Gasteiger partial charge is 0.365 e. The molecule has 18 heavy (non-hydrogen) atoms. The zero-order chi connectivity index (χ0) is 13.0. The summed E-state index contributed by atoms with van der Waals surface area (Å²) in [4.78, 5) is 15.5. The van der Waals surface area contributed by atoms with E-state index < -0.39 is 5.91 Å². The molecule has 0 saturated heterocycles. The van der Waals surface area contributed by atoms with Gasteiger partial charge in [0.15, 0.2) is 0 Å². The van der Waals surface area contributed by atoms with Crippen molar-refractivity contribution in [1.29, 1.82) is 0 Å². The van der Waals surface area contributed by atoms with Crippen LogP contribution in [0.1, 0.15) is 36.0 Å². The van der Waals surface area contributed by atoms with E-state index in [0.29, 0.717) is 23.8 Å². The van der Waals surface area contributed by atoms with Crippen molar-refractivity contribution < 1.29 is 4.79 Å². The number of carbonyl (C=O) groups excluding carboxylic acids is 1. The van der Waals surface area contributed by atoms with Gasteiger partial charge >= 0.3 is 0 Å².